The van der Waals surface area contributed by atoms with E-state index in [2.05, 4.69) is 10.3 Å². The molecule has 1 N–H and O–H groups in total. The fraction of sp³-hybridized carbons (Fsp3) is 0.500. The third-order valence-corrected chi connectivity index (χ3v) is 5.94. The van der Waals surface area contributed by atoms with Crippen molar-refractivity contribution in [2.45, 2.75) is 31.8 Å². The first-order valence-electron chi connectivity index (χ1n) is 8.84. The van der Waals surface area contributed by atoms with Crippen molar-refractivity contribution in [2.24, 2.45) is 0 Å². The van der Waals surface area contributed by atoms with Gasteiger partial charge >= 0.3 is 0 Å². The smallest absolute Gasteiger partial charge is 0.237 e. The third-order valence-electron chi connectivity index (χ3n) is 5.00. The van der Waals surface area contributed by atoms with Crippen LogP contribution in [0.25, 0.3) is 0 Å². The summed E-state index contributed by atoms with van der Waals surface area (Å²) in [5.41, 5.74) is 0. The van der Waals surface area contributed by atoms with Crippen molar-refractivity contribution in [3.63, 3.8) is 0 Å². The minimum Gasteiger partial charge on any atom is -0.465 e. The summed E-state index contributed by atoms with van der Waals surface area (Å²) < 4.78 is 5.64. The molecule has 2 amide bonds. The quantitative estimate of drug-likeness (QED) is 0.855. The minimum atomic E-state index is -0.444. The summed E-state index contributed by atoms with van der Waals surface area (Å²) in [5.74, 6) is 1.96. The van der Waals surface area contributed by atoms with Gasteiger partial charge < -0.3 is 14.6 Å². The fourth-order valence-corrected chi connectivity index (χ4v) is 4.24. The molecule has 0 spiro atoms. The number of amides is 2. The zero-order valence-electron chi connectivity index (χ0n) is 14.7. The van der Waals surface area contributed by atoms with Gasteiger partial charge in [0.1, 0.15) is 11.5 Å². The molecule has 8 heteroatoms. The van der Waals surface area contributed by atoms with Crippen molar-refractivity contribution in [1.82, 2.24) is 20.1 Å². The normalized spacial score (nSPS) is 21.5. The van der Waals surface area contributed by atoms with Crippen molar-refractivity contribution in [3.05, 3.63) is 40.2 Å². The topological polar surface area (TPSA) is 78.7 Å². The SMILES string of the molecule is Cc1ccc(CN2CCNC(=O)[C@@H]2CC(=O)N2CC(c3nccs3)C2)o1. The van der Waals surface area contributed by atoms with Crippen LogP contribution in [0.15, 0.2) is 28.1 Å². The molecule has 26 heavy (non-hydrogen) atoms. The molecule has 2 aromatic heterocycles. The Bertz CT molecular complexity index is 782. The summed E-state index contributed by atoms with van der Waals surface area (Å²) in [6.07, 6.45) is 2.00. The van der Waals surface area contributed by atoms with Crippen LogP contribution in [0.1, 0.15) is 28.9 Å². The second-order valence-corrected chi connectivity index (χ2v) is 7.79. The Kier molecular flexibility index (Phi) is 4.78. The van der Waals surface area contributed by atoms with Crippen LogP contribution in [0.2, 0.25) is 0 Å². The highest BCUT2D eigenvalue weighted by molar-refractivity contribution is 7.09. The largest absolute Gasteiger partial charge is 0.465 e. The van der Waals surface area contributed by atoms with Gasteiger partial charge in [0.15, 0.2) is 0 Å². The molecule has 7 nitrogen and oxygen atoms in total. The first kappa shape index (κ1) is 17.2. The molecule has 0 aliphatic carbocycles. The maximum atomic E-state index is 12.6. The van der Waals surface area contributed by atoms with E-state index in [0.29, 0.717) is 38.6 Å². The van der Waals surface area contributed by atoms with Gasteiger partial charge in [-0.15, -0.1) is 11.3 Å². The molecule has 2 saturated heterocycles. The summed E-state index contributed by atoms with van der Waals surface area (Å²) in [6.45, 7) is 5.14. The van der Waals surface area contributed by atoms with Crippen LogP contribution in [0.4, 0.5) is 0 Å². The first-order chi connectivity index (χ1) is 12.6. The zero-order chi connectivity index (χ0) is 18.1. The van der Waals surface area contributed by atoms with E-state index in [9.17, 15) is 9.59 Å². The van der Waals surface area contributed by atoms with Gasteiger partial charge in [-0.2, -0.15) is 0 Å². The molecule has 1 atom stereocenters. The predicted molar refractivity (Wildman–Crippen MR) is 96.7 cm³/mol. The molecular formula is C18H22N4O3S. The van der Waals surface area contributed by atoms with Gasteiger partial charge in [0.05, 0.1) is 24.0 Å². The molecule has 4 heterocycles. The number of piperazine rings is 1. The summed E-state index contributed by atoms with van der Waals surface area (Å²) in [4.78, 5) is 33.2. The van der Waals surface area contributed by atoms with Gasteiger partial charge in [-0.1, -0.05) is 0 Å². The van der Waals surface area contributed by atoms with E-state index in [1.807, 2.05) is 34.2 Å². The van der Waals surface area contributed by atoms with Crippen molar-refractivity contribution >= 4 is 23.2 Å². The second kappa shape index (κ2) is 7.20. The van der Waals surface area contributed by atoms with Gasteiger partial charge in [0.25, 0.3) is 0 Å². The Morgan fingerprint density at radius 1 is 1.42 bits per heavy atom. The molecule has 0 radical (unpaired) electrons. The van der Waals surface area contributed by atoms with Crippen LogP contribution >= 0.6 is 11.3 Å². The monoisotopic (exact) mass is 374 g/mol. The van der Waals surface area contributed by atoms with Gasteiger partial charge in [-0.05, 0) is 19.1 Å². The number of likely N-dealkylation sites (tertiary alicyclic amines) is 1. The van der Waals surface area contributed by atoms with E-state index >= 15 is 0 Å². The molecule has 2 aromatic rings. The number of aromatic nitrogens is 1. The third kappa shape index (κ3) is 3.52. The lowest BCUT2D eigenvalue weighted by atomic mass is 9.99. The molecule has 2 aliphatic rings. The molecule has 0 unspecified atom stereocenters. The Hall–Kier alpha value is -2.19. The van der Waals surface area contributed by atoms with Gasteiger partial charge in [-0.25, -0.2) is 4.98 Å². The molecule has 0 saturated carbocycles. The average molecular weight is 374 g/mol. The Labute approximate surface area is 156 Å². The Balaban J connectivity index is 1.36. The maximum Gasteiger partial charge on any atom is 0.237 e. The Morgan fingerprint density at radius 2 is 2.27 bits per heavy atom. The van der Waals surface area contributed by atoms with Gasteiger partial charge in [-0.3, -0.25) is 14.5 Å². The number of nitrogens with one attached hydrogen (secondary N) is 1. The highest BCUT2D eigenvalue weighted by Gasteiger charge is 2.38. The molecule has 0 aromatic carbocycles. The molecule has 2 fully saturated rings. The lowest BCUT2D eigenvalue weighted by Crippen LogP contribution is -2.57. The van der Waals surface area contributed by atoms with Crippen molar-refractivity contribution < 1.29 is 14.0 Å². The van der Waals surface area contributed by atoms with Crippen LogP contribution in [0.5, 0.6) is 0 Å². The van der Waals surface area contributed by atoms with Crippen LogP contribution in [-0.4, -0.2) is 58.8 Å². The van der Waals surface area contributed by atoms with Crippen LogP contribution in [0, 0.1) is 6.92 Å². The number of hydrogen-bond donors (Lipinski definition) is 1. The van der Waals surface area contributed by atoms with Crippen LogP contribution in [-0.2, 0) is 16.1 Å². The standard InChI is InChI=1S/C18H22N4O3S/c1-12-2-3-14(25-12)11-21-6-4-19-17(24)15(21)8-16(23)22-9-13(10-22)18-20-5-7-26-18/h2-3,5,7,13,15H,4,6,8-11H2,1H3,(H,19,24)/t15-/m0/s1. The highest BCUT2D eigenvalue weighted by Crippen LogP contribution is 2.29. The fourth-order valence-electron chi connectivity index (χ4n) is 3.51. The number of hydrogen-bond acceptors (Lipinski definition) is 6. The average Bonchev–Trinajstić information content (AvgIpc) is 3.21. The lowest BCUT2D eigenvalue weighted by molar-refractivity contribution is -0.142. The summed E-state index contributed by atoms with van der Waals surface area (Å²) in [7, 11) is 0. The van der Waals surface area contributed by atoms with Crippen molar-refractivity contribution in [3.8, 4) is 0 Å². The van der Waals surface area contributed by atoms with E-state index in [4.69, 9.17) is 4.42 Å². The number of thiazole rings is 1. The van der Waals surface area contributed by atoms with E-state index in [0.717, 1.165) is 16.5 Å². The first-order valence-corrected chi connectivity index (χ1v) is 9.72. The number of aryl methyl sites for hydroxylation is 1. The van der Waals surface area contributed by atoms with E-state index in [-0.39, 0.29) is 18.2 Å². The molecule has 138 valence electrons. The lowest BCUT2D eigenvalue weighted by Gasteiger charge is -2.40. The predicted octanol–water partition coefficient (Wildman–Crippen LogP) is 1.36. The number of furan rings is 1. The van der Waals surface area contributed by atoms with E-state index < -0.39 is 6.04 Å². The van der Waals surface area contributed by atoms with Crippen LogP contribution < -0.4 is 5.32 Å². The highest BCUT2D eigenvalue weighted by atomic mass is 32.1. The Morgan fingerprint density at radius 3 is 2.96 bits per heavy atom. The van der Waals surface area contributed by atoms with Gasteiger partial charge in [0, 0.05) is 43.7 Å². The molecule has 4 rings (SSSR count). The van der Waals surface area contributed by atoms with Crippen molar-refractivity contribution in [1.29, 1.82) is 0 Å². The van der Waals surface area contributed by atoms with Crippen molar-refractivity contribution in [2.75, 3.05) is 26.2 Å². The van der Waals surface area contributed by atoms with Crippen LogP contribution in [0.3, 0.4) is 0 Å². The molecule has 2 aliphatic heterocycles. The maximum absolute atomic E-state index is 12.6. The molecule has 0 bridgehead atoms. The summed E-state index contributed by atoms with van der Waals surface area (Å²) in [6, 6.07) is 3.40. The van der Waals surface area contributed by atoms with E-state index in [1.165, 1.54) is 0 Å². The minimum absolute atomic E-state index is 0.0282. The number of carbonyl (C=O) groups is 2. The van der Waals surface area contributed by atoms with E-state index in [1.54, 1.807) is 17.5 Å². The number of nitrogens with zero attached hydrogens (tertiary/aromatic N) is 3. The van der Waals surface area contributed by atoms with Gasteiger partial charge in [0.2, 0.25) is 11.8 Å². The number of carbonyl (C=O) groups excluding carboxylic acids is 2. The molecular weight excluding hydrogens is 352 g/mol. The summed E-state index contributed by atoms with van der Waals surface area (Å²) >= 11 is 1.63. The summed E-state index contributed by atoms with van der Waals surface area (Å²) in [5, 5.41) is 5.92. The zero-order valence-corrected chi connectivity index (χ0v) is 15.5. The second-order valence-electron chi connectivity index (χ2n) is 6.86. The number of rotatable bonds is 5.